The van der Waals surface area contributed by atoms with E-state index in [-0.39, 0.29) is 30.7 Å². The molecule has 0 aliphatic heterocycles. The molecule has 2 aromatic rings. The third kappa shape index (κ3) is 5.32. The van der Waals surface area contributed by atoms with Crippen LogP contribution >= 0.6 is 11.6 Å². The highest BCUT2D eigenvalue weighted by atomic mass is 35.5. The number of carbonyl (C=O) groups is 3. The summed E-state index contributed by atoms with van der Waals surface area (Å²) in [6.45, 7) is 2.02. The van der Waals surface area contributed by atoms with Crippen LogP contribution < -0.4 is 16.0 Å². The Morgan fingerprint density at radius 3 is 2.23 bits per heavy atom. The van der Waals surface area contributed by atoms with E-state index < -0.39 is 0 Å². The largest absolute Gasteiger partial charge is 0.355 e. The van der Waals surface area contributed by atoms with Gasteiger partial charge in [-0.1, -0.05) is 11.6 Å². The van der Waals surface area contributed by atoms with Crippen molar-refractivity contribution in [1.82, 2.24) is 10.6 Å². The van der Waals surface area contributed by atoms with Gasteiger partial charge in [0.25, 0.3) is 11.8 Å². The van der Waals surface area contributed by atoms with E-state index in [1.54, 1.807) is 49.5 Å². The Morgan fingerprint density at radius 2 is 1.62 bits per heavy atom. The first kappa shape index (κ1) is 19.5. The zero-order chi connectivity index (χ0) is 19.1. The van der Waals surface area contributed by atoms with Gasteiger partial charge in [0.05, 0.1) is 0 Å². The molecule has 0 radical (unpaired) electrons. The molecule has 7 heteroatoms. The molecule has 0 atom stereocenters. The summed E-state index contributed by atoms with van der Waals surface area (Å²) in [6.07, 6.45) is 0.135. The number of rotatable bonds is 6. The third-order valence-corrected chi connectivity index (χ3v) is 3.99. The molecule has 136 valence electrons. The summed E-state index contributed by atoms with van der Waals surface area (Å²) in [6, 6.07) is 11.5. The van der Waals surface area contributed by atoms with E-state index >= 15 is 0 Å². The molecule has 6 nitrogen and oxygen atoms in total. The van der Waals surface area contributed by atoms with E-state index in [4.69, 9.17) is 11.6 Å². The van der Waals surface area contributed by atoms with Gasteiger partial charge in [-0.05, 0) is 55.0 Å². The van der Waals surface area contributed by atoms with Crippen molar-refractivity contribution < 1.29 is 14.4 Å². The average molecular weight is 374 g/mol. The lowest BCUT2D eigenvalue weighted by molar-refractivity contribution is -0.116. The molecule has 0 aliphatic carbocycles. The monoisotopic (exact) mass is 373 g/mol. The lowest BCUT2D eigenvalue weighted by atomic mass is 10.1. The van der Waals surface area contributed by atoms with Gasteiger partial charge in [-0.25, -0.2) is 0 Å². The summed E-state index contributed by atoms with van der Waals surface area (Å²) in [4.78, 5) is 35.6. The fourth-order valence-electron chi connectivity index (χ4n) is 2.30. The van der Waals surface area contributed by atoms with Crippen LogP contribution in [0.2, 0.25) is 5.02 Å². The van der Waals surface area contributed by atoms with Crippen LogP contribution in [0.5, 0.6) is 0 Å². The van der Waals surface area contributed by atoms with Crippen LogP contribution in [0.3, 0.4) is 0 Å². The minimum absolute atomic E-state index is 0.135. The van der Waals surface area contributed by atoms with E-state index in [9.17, 15) is 14.4 Å². The van der Waals surface area contributed by atoms with Crippen LogP contribution in [0.25, 0.3) is 0 Å². The highest BCUT2D eigenvalue weighted by Gasteiger charge is 2.10. The van der Waals surface area contributed by atoms with Crippen molar-refractivity contribution in [1.29, 1.82) is 0 Å². The Kier molecular flexibility index (Phi) is 6.74. The topological polar surface area (TPSA) is 87.3 Å². The van der Waals surface area contributed by atoms with Crippen molar-refractivity contribution >= 4 is 35.0 Å². The summed E-state index contributed by atoms with van der Waals surface area (Å²) < 4.78 is 0. The lowest BCUT2D eigenvalue weighted by Gasteiger charge is -2.10. The van der Waals surface area contributed by atoms with Crippen molar-refractivity contribution in [2.24, 2.45) is 0 Å². The molecule has 0 bridgehead atoms. The number of amides is 3. The third-order valence-electron chi connectivity index (χ3n) is 3.73. The summed E-state index contributed by atoms with van der Waals surface area (Å²) in [5, 5.41) is 8.57. The van der Waals surface area contributed by atoms with Gasteiger partial charge in [-0.2, -0.15) is 0 Å². The maximum absolute atomic E-state index is 12.0. The standard InChI is InChI=1S/C19H20ClN3O3/c1-12-11-14(18(25)21-2)5-8-16(12)23-17(24)9-10-22-19(26)13-3-6-15(20)7-4-13/h3-8,11H,9-10H2,1-2H3,(H,21,25)(H,22,26)(H,23,24). The number of benzene rings is 2. The fourth-order valence-corrected chi connectivity index (χ4v) is 2.42. The molecule has 0 saturated carbocycles. The summed E-state index contributed by atoms with van der Waals surface area (Å²) in [5.41, 5.74) is 2.42. The molecule has 3 N–H and O–H groups in total. The Balaban J connectivity index is 1.84. The van der Waals surface area contributed by atoms with Crippen LogP contribution in [-0.2, 0) is 4.79 Å². The van der Waals surface area contributed by atoms with Crippen LogP contribution in [0.4, 0.5) is 5.69 Å². The van der Waals surface area contributed by atoms with E-state index in [1.165, 1.54) is 0 Å². The van der Waals surface area contributed by atoms with Crippen molar-refractivity contribution in [2.45, 2.75) is 13.3 Å². The molecule has 0 spiro atoms. The lowest BCUT2D eigenvalue weighted by Crippen LogP contribution is -2.27. The number of nitrogens with one attached hydrogen (secondary N) is 3. The van der Waals surface area contributed by atoms with Crippen LogP contribution in [0, 0.1) is 6.92 Å². The molecule has 2 rings (SSSR count). The number of halogens is 1. The van der Waals surface area contributed by atoms with E-state index in [1.807, 2.05) is 6.92 Å². The molecular weight excluding hydrogens is 354 g/mol. The minimum atomic E-state index is -0.263. The maximum atomic E-state index is 12.0. The smallest absolute Gasteiger partial charge is 0.251 e. The zero-order valence-electron chi connectivity index (χ0n) is 14.6. The molecule has 0 fully saturated rings. The Labute approximate surface area is 156 Å². The summed E-state index contributed by atoms with van der Waals surface area (Å²) in [7, 11) is 1.56. The number of hydrogen-bond acceptors (Lipinski definition) is 3. The van der Waals surface area contributed by atoms with Crippen molar-refractivity contribution in [3.63, 3.8) is 0 Å². The normalized spacial score (nSPS) is 10.1. The molecule has 0 unspecified atom stereocenters. The second-order valence-corrected chi connectivity index (χ2v) is 6.11. The second kappa shape index (κ2) is 9.01. The molecule has 26 heavy (non-hydrogen) atoms. The Morgan fingerprint density at radius 1 is 0.962 bits per heavy atom. The highest BCUT2D eigenvalue weighted by molar-refractivity contribution is 6.30. The molecule has 0 saturated heterocycles. The van der Waals surface area contributed by atoms with Gasteiger partial charge >= 0.3 is 0 Å². The van der Waals surface area contributed by atoms with Crippen molar-refractivity contribution in [2.75, 3.05) is 18.9 Å². The fraction of sp³-hybridized carbons (Fsp3) is 0.211. The zero-order valence-corrected chi connectivity index (χ0v) is 15.3. The van der Waals surface area contributed by atoms with Gasteiger partial charge in [0.2, 0.25) is 5.91 Å². The van der Waals surface area contributed by atoms with E-state index in [2.05, 4.69) is 16.0 Å². The van der Waals surface area contributed by atoms with Gasteiger partial charge < -0.3 is 16.0 Å². The first-order valence-electron chi connectivity index (χ1n) is 8.07. The molecule has 3 amide bonds. The molecule has 2 aromatic carbocycles. The molecule has 0 heterocycles. The second-order valence-electron chi connectivity index (χ2n) is 5.67. The number of anilines is 1. The van der Waals surface area contributed by atoms with Crippen LogP contribution in [0.1, 0.15) is 32.7 Å². The molecule has 0 aromatic heterocycles. The van der Waals surface area contributed by atoms with Gasteiger partial charge in [-0.15, -0.1) is 0 Å². The summed E-state index contributed by atoms with van der Waals surface area (Å²) in [5.74, 6) is -0.673. The first-order chi connectivity index (χ1) is 12.4. The maximum Gasteiger partial charge on any atom is 0.251 e. The average Bonchev–Trinajstić information content (AvgIpc) is 2.63. The molecule has 0 aliphatic rings. The van der Waals surface area contributed by atoms with Gasteiger partial charge in [0, 0.05) is 41.9 Å². The van der Waals surface area contributed by atoms with Crippen molar-refractivity contribution in [3.8, 4) is 0 Å². The number of hydrogen-bond donors (Lipinski definition) is 3. The van der Waals surface area contributed by atoms with Crippen LogP contribution in [-0.4, -0.2) is 31.3 Å². The Bertz CT molecular complexity index is 819. The minimum Gasteiger partial charge on any atom is -0.355 e. The van der Waals surface area contributed by atoms with Gasteiger partial charge in [-0.3, -0.25) is 14.4 Å². The Hall–Kier alpha value is -2.86. The number of carbonyl (C=O) groups excluding carboxylic acids is 3. The summed E-state index contributed by atoms with van der Waals surface area (Å²) >= 11 is 5.78. The van der Waals surface area contributed by atoms with Gasteiger partial charge in [0.1, 0.15) is 0 Å². The predicted octanol–water partition coefficient (Wildman–Crippen LogP) is 2.77. The van der Waals surface area contributed by atoms with Crippen LogP contribution in [0.15, 0.2) is 42.5 Å². The predicted molar refractivity (Wildman–Crippen MR) is 102 cm³/mol. The van der Waals surface area contributed by atoms with Crippen molar-refractivity contribution in [3.05, 3.63) is 64.2 Å². The van der Waals surface area contributed by atoms with E-state index in [0.29, 0.717) is 21.8 Å². The van der Waals surface area contributed by atoms with Gasteiger partial charge in [0.15, 0.2) is 0 Å². The quantitative estimate of drug-likeness (QED) is 0.727. The SMILES string of the molecule is CNC(=O)c1ccc(NC(=O)CCNC(=O)c2ccc(Cl)cc2)c(C)c1. The first-order valence-corrected chi connectivity index (χ1v) is 8.45. The number of aryl methyl sites for hydroxylation is 1. The molecular formula is C19H20ClN3O3. The highest BCUT2D eigenvalue weighted by Crippen LogP contribution is 2.17. The van der Waals surface area contributed by atoms with E-state index in [0.717, 1.165) is 5.56 Å².